The Hall–Kier alpha value is -4.60. The molecule has 0 bridgehead atoms. The number of hydrogen-bond donors (Lipinski definition) is 2. The predicted molar refractivity (Wildman–Crippen MR) is 168 cm³/mol. The van der Waals surface area contributed by atoms with Crippen molar-refractivity contribution >= 4 is 29.2 Å². The summed E-state index contributed by atoms with van der Waals surface area (Å²) in [4.78, 5) is 44.7. The van der Waals surface area contributed by atoms with Gasteiger partial charge in [0, 0.05) is 55.7 Å². The highest BCUT2D eigenvalue weighted by molar-refractivity contribution is 5.99. The molecule has 1 heterocycles. The van der Waals surface area contributed by atoms with Gasteiger partial charge in [0.15, 0.2) is 0 Å². The maximum Gasteiger partial charge on any atom is 0.317 e. The zero-order valence-corrected chi connectivity index (χ0v) is 25.1. The number of urea groups is 1. The SMILES string of the molecule is COc1ccc(C(=O)N(CC(=O)Nc2ccc(N3CCN(C(=O)NC4CCCCC4)CC3)cc2)Cc2ccc(F)cc2)cc1. The molecule has 0 radical (unpaired) electrons. The molecular formula is C34H40FN5O4. The van der Waals surface area contributed by atoms with Crippen molar-refractivity contribution in [2.45, 2.75) is 44.7 Å². The Morgan fingerprint density at radius 2 is 1.52 bits per heavy atom. The lowest BCUT2D eigenvalue weighted by molar-refractivity contribution is -0.117. The van der Waals surface area contributed by atoms with Crippen LogP contribution in [0.4, 0.5) is 20.6 Å². The molecule has 1 aliphatic heterocycles. The summed E-state index contributed by atoms with van der Waals surface area (Å²) in [5.74, 6) is -0.423. The van der Waals surface area contributed by atoms with Crippen LogP contribution in [0.25, 0.3) is 0 Å². The van der Waals surface area contributed by atoms with Crippen LogP contribution in [-0.4, -0.2) is 73.5 Å². The molecule has 3 aromatic rings. The normalized spacial score (nSPS) is 15.4. The molecule has 10 heteroatoms. The van der Waals surface area contributed by atoms with Gasteiger partial charge in [-0.3, -0.25) is 9.59 Å². The number of rotatable bonds is 9. The predicted octanol–water partition coefficient (Wildman–Crippen LogP) is 5.28. The van der Waals surface area contributed by atoms with Crippen molar-refractivity contribution < 1.29 is 23.5 Å². The summed E-state index contributed by atoms with van der Waals surface area (Å²) in [6.07, 6.45) is 5.77. The van der Waals surface area contributed by atoms with Crippen LogP contribution in [0.2, 0.25) is 0 Å². The first-order valence-corrected chi connectivity index (χ1v) is 15.3. The van der Waals surface area contributed by atoms with Gasteiger partial charge in [-0.15, -0.1) is 0 Å². The molecule has 232 valence electrons. The van der Waals surface area contributed by atoms with E-state index in [-0.39, 0.29) is 36.8 Å². The van der Waals surface area contributed by atoms with Crippen LogP contribution in [0.1, 0.15) is 48.0 Å². The number of carbonyl (C=O) groups is 3. The summed E-state index contributed by atoms with van der Waals surface area (Å²) in [5, 5.41) is 6.09. The molecule has 0 unspecified atom stereocenters. The lowest BCUT2D eigenvalue weighted by Crippen LogP contribution is -2.53. The quantitative estimate of drug-likeness (QED) is 0.348. The highest BCUT2D eigenvalue weighted by atomic mass is 19.1. The average Bonchev–Trinajstić information content (AvgIpc) is 3.06. The van der Waals surface area contributed by atoms with Crippen molar-refractivity contribution in [3.8, 4) is 5.75 Å². The molecule has 5 rings (SSSR count). The molecule has 4 amide bonds. The van der Waals surface area contributed by atoms with Crippen LogP contribution in [0.3, 0.4) is 0 Å². The van der Waals surface area contributed by atoms with E-state index in [1.54, 1.807) is 43.5 Å². The molecule has 0 atom stereocenters. The molecule has 2 fully saturated rings. The molecule has 1 saturated heterocycles. The van der Waals surface area contributed by atoms with E-state index in [1.807, 2.05) is 29.2 Å². The van der Waals surface area contributed by atoms with Gasteiger partial charge in [-0.1, -0.05) is 31.4 Å². The largest absolute Gasteiger partial charge is 0.497 e. The summed E-state index contributed by atoms with van der Waals surface area (Å²) in [6.45, 7) is 2.73. The molecule has 3 aromatic carbocycles. The Balaban J connectivity index is 1.16. The third kappa shape index (κ3) is 8.27. The topological polar surface area (TPSA) is 94.2 Å². The number of carbonyl (C=O) groups excluding carboxylic acids is 3. The van der Waals surface area contributed by atoms with Gasteiger partial charge in [0.05, 0.1) is 7.11 Å². The van der Waals surface area contributed by atoms with E-state index in [0.717, 1.165) is 31.6 Å². The van der Waals surface area contributed by atoms with Gasteiger partial charge in [0.1, 0.15) is 18.1 Å². The van der Waals surface area contributed by atoms with Gasteiger partial charge in [-0.2, -0.15) is 0 Å². The summed E-state index contributed by atoms with van der Waals surface area (Å²) >= 11 is 0. The van der Waals surface area contributed by atoms with Crippen LogP contribution in [0.5, 0.6) is 5.75 Å². The molecule has 0 spiro atoms. The number of ether oxygens (including phenoxy) is 1. The molecule has 9 nitrogen and oxygen atoms in total. The van der Waals surface area contributed by atoms with E-state index in [2.05, 4.69) is 15.5 Å². The molecular weight excluding hydrogens is 561 g/mol. The summed E-state index contributed by atoms with van der Waals surface area (Å²) < 4.78 is 18.7. The average molecular weight is 602 g/mol. The van der Waals surface area contributed by atoms with E-state index < -0.39 is 0 Å². The lowest BCUT2D eigenvalue weighted by Gasteiger charge is -2.37. The first kappa shape index (κ1) is 30.8. The van der Waals surface area contributed by atoms with Crippen molar-refractivity contribution in [3.63, 3.8) is 0 Å². The Kier molecular flexibility index (Phi) is 10.3. The molecule has 2 N–H and O–H groups in total. The number of piperazine rings is 1. The second-order valence-electron chi connectivity index (χ2n) is 11.4. The standard InChI is InChI=1S/C34H40FN5O4/c1-44-31-17-9-26(10-18-31)33(42)40(23-25-7-11-27(35)12-8-25)24-32(41)36-29-13-15-30(16-14-29)38-19-21-39(22-20-38)34(43)37-28-5-3-2-4-6-28/h7-18,28H,2-6,19-24H2,1H3,(H,36,41)(H,37,43). The van der Waals surface area contributed by atoms with Crippen LogP contribution in [0, 0.1) is 5.82 Å². The summed E-state index contributed by atoms with van der Waals surface area (Å²) in [6, 6.07) is 20.5. The smallest absolute Gasteiger partial charge is 0.317 e. The van der Waals surface area contributed by atoms with Gasteiger partial charge < -0.3 is 30.1 Å². The van der Waals surface area contributed by atoms with Gasteiger partial charge in [0.25, 0.3) is 5.91 Å². The minimum atomic E-state index is -0.370. The second-order valence-corrected chi connectivity index (χ2v) is 11.4. The van der Waals surface area contributed by atoms with Crippen molar-refractivity contribution in [1.29, 1.82) is 0 Å². The molecule has 44 heavy (non-hydrogen) atoms. The Bertz CT molecular complexity index is 1400. The first-order chi connectivity index (χ1) is 21.4. The van der Waals surface area contributed by atoms with Gasteiger partial charge >= 0.3 is 6.03 Å². The van der Waals surface area contributed by atoms with E-state index in [1.165, 1.54) is 36.3 Å². The molecule has 1 aliphatic carbocycles. The first-order valence-electron chi connectivity index (χ1n) is 15.3. The number of anilines is 2. The zero-order chi connectivity index (χ0) is 30.9. The Labute approximate surface area is 258 Å². The van der Waals surface area contributed by atoms with E-state index in [4.69, 9.17) is 4.74 Å². The van der Waals surface area contributed by atoms with Crippen LogP contribution >= 0.6 is 0 Å². The maximum absolute atomic E-state index is 13.5. The van der Waals surface area contributed by atoms with E-state index in [0.29, 0.717) is 41.7 Å². The minimum Gasteiger partial charge on any atom is -0.497 e. The molecule has 0 aromatic heterocycles. The third-order valence-corrected chi connectivity index (χ3v) is 8.26. The van der Waals surface area contributed by atoms with E-state index in [9.17, 15) is 18.8 Å². The number of benzene rings is 3. The van der Waals surface area contributed by atoms with Crippen LogP contribution in [0.15, 0.2) is 72.8 Å². The number of nitrogens with zero attached hydrogens (tertiary/aromatic N) is 3. The number of halogens is 1. The number of amides is 4. The molecule has 2 aliphatic rings. The van der Waals surface area contributed by atoms with Crippen molar-refractivity contribution in [1.82, 2.24) is 15.1 Å². The summed E-state index contributed by atoms with van der Waals surface area (Å²) in [7, 11) is 1.55. The third-order valence-electron chi connectivity index (χ3n) is 8.26. The maximum atomic E-state index is 13.5. The van der Waals surface area contributed by atoms with Crippen LogP contribution < -0.4 is 20.3 Å². The van der Waals surface area contributed by atoms with Crippen molar-refractivity contribution in [3.05, 3.63) is 89.7 Å². The fraction of sp³-hybridized carbons (Fsp3) is 0.382. The number of methoxy groups -OCH3 is 1. The summed E-state index contributed by atoms with van der Waals surface area (Å²) in [5.41, 5.74) is 2.75. The molecule has 1 saturated carbocycles. The van der Waals surface area contributed by atoms with Crippen molar-refractivity contribution in [2.24, 2.45) is 0 Å². The number of nitrogens with one attached hydrogen (secondary N) is 2. The number of hydrogen-bond acceptors (Lipinski definition) is 5. The Morgan fingerprint density at radius 3 is 2.16 bits per heavy atom. The van der Waals surface area contributed by atoms with Crippen molar-refractivity contribution in [2.75, 3.05) is 50.1 Å². The van der Waals surface area contributed by atoms with Gasteiger partial charge in [-0.05, 0) is 79.1 Å². The highest BCUT2D eigenvalue weighted by Crippen LogP contribution is 2.22. The fourth-order valence-electron chi connectivity index (χ4n) is 5.74. The highest BCUT2D eigenvalue weighted by Gasteiger charge is 2.24. The van der Waals surface area contributed by atoms with Crippen LogP contribution in [-0.2, 0) is 11.3 Å². The van der Waals surface area contributed by atoms with Gasteiger partial charge in [-0.25, -0.2) is 9.18 Å². The second kappa shape index (κ2) is 14.7. The zero-order valence-electron chi connectivity index (χ0n) is 25.1. The fourth-order valence-corrected chi connectivity index (χ4v) is 5.74. The minimum absolute atomic E-state index is 0.0357. The van der Waals surface area contributed by atoms with E-state index >= 15 is 0 Å². The monoisotopic (exact) mass is 601 g/mol. The Morgan fingerprint density at radius 1 is 0.864 bits per heavy atom. The lowest BCUT2D eigenvalue weighted by atomic mass is 9.96. The van der Waals surface area contributed by atoms with Gasteiger partial charge in [0.2, 0.25) is 5.91 Å².